The summed E-state index contributed by atoms with van der Waals surface area (Å²) < 4.78 is 0. The predicted molar refractivity (Wildman–Crippen MR) is 88.8 cm³/mol. The van der Waals surface area contributed by atoms with Crippen LogP contribution in [0.5, 0.6) is 0 Å². The van der Waals surface area contributed by atoms with E-state index in [1.54, 1.807) is 0 Å². The molecule has 0 fully saturated rings. The monoisotopic (exact) mass is 271 g/mol. The highest BCUT2D eigenvalue weighted by molar-refractivity contribution is 5.90. The van der Waals surface area contributed by atoms with Crippen LogP contribution >= 0.6 is 0 Å². The normalized spacial score (nSPS) is 11.4. The van der Waals surface area contributed by atoms with Crippen molar-refractivity contribution in [1.82, 2.24) is 4.98 Å². The van der Waals surface area contributed by atoms with Gasteiger partial charge in [-0.15, -0.1) is 0 Å². The zero-order chi connectivity index (χ0) is 14.5. The molecule has 1 nitrogen and oxygen atoms in total. The highest BCUT2D eigenvalue weighted by Crippen LogP contribution is 2.24. The molecule has 0 atom stereocenters. The lowest BCUT2D eigenvalue weighted by molar-refractivity contribution is 1.23. The smallest absolute Gasteiger partial charge is 0.0708 e. The fraction of sp³-hybridized carbons (Fsp3) is 0.0500. The highest BCUT2D eigenvalue weighted by Gasteiger charge is 2.06. The summed E-state index contributed by atoms with van der Waals surface area (Å²) in [4.78, 5) is 4.58. The average Bonchev–Trinajstić information content (AvgIpc) is 2.55. The second-order valence-corrected chi connectivity index (χ2v) is 5.06. The number of hydrogen-bond acceptors (Lipinski definition) is 1. The molecule has 1 heteroatoms. The summed E-state index contributed by atoms with van der Waals surface area (Å²) in [6.45, 7) is 2.06. The molecular weight excluding hydrogens is 254 g/mol. The van der Waals surface area contributed by atoms with E-state index in [4.69, 9.17) is 0 Å². The Kier molecular flexibility index (Phi) is 3.92. The van der Waals surface area contributed by atoms with E-state index < -0.39 is 0 Å². The maximum Gasteiger partial charge on any atom is 0.0708 e. The molecule has 0 spiro atoms. The maximum absolute atomic E-state index is 4.58. The summed E-state index contributed by atoms with van der Waals surface area (Å²) in [6, 6.07) is 24.9. The molecule has 2 aromatic carbocycles. The summed E-state index contributed by atoms with van der Waals surface area (Å²) >= 11 is 0. The number of nitrogens with zero attached hydrogens (tertiary/aromatic N) is 1. The van der Waals surface area contributed by atoms with E-state index in [1.807, 2.05) is 18.3 Å². The Labute approximate surface area is 125 Å². The lowest BCUT2D eigenvalue weighted by atomic mass is 9.99. The van der Waals surface area contributed by atoms with Crippen LogP contribution in [0.2, 0.25) is 0 Å². The van der Waals surface area contributed by atoms with Gasteiger partial charge in [0.05, 0.1) is 5.69 Å². The van der Waals surface area contributed by atoms with Gasteiger partial charge >= 0.3 is 0 Å². The van der Waals surface area contributed by atoms with Crippen LogP contribution in [-0.4, -0.2) is 4.98 Å². The lowest BCUT2D eigenvalue weighted by Crippen LogP contribution is -1.92. The van der Waals surface area contributed by atoms with Gasteiger partial charge < -0.3 is 0 Å². The van der Waals surface area contributed by atoms with Gasteiger partial charge in [0.2, 0.25) is 0 Å². The molecule has 1 aromatic heterocycles. The third-order valence-electron chi connectivity index (χ3n) is 3.38. The summed E-state index contributed by atoms with van der Waals surface area (Å²) in [5.41, 5.74) is 5.67. The summed E-state index contributed by atoms with van der Waals surface area (Å²) in [5, 5.41) is 0. The van der Waals surface area contributed by atoms with E-state index in [0.29, 0.717) is 0 Å². The third kappa shape index (κ3) is 3.26. The van der Waals surface area contributed by atoms with Crippen molar-refractivity contribution in [2.24, 2.45) is 0 Å². The van der Waals surface area contributed by atoms with Crippen LogP contribution in [0.3, 0.4) is 0 Å². The van der Waals surface area contributed by atoms with Crippen LogP contribution in [0, 0.1) is 6.92 Å². The molecular formula is C20H17N. The van der Waals surface area contributed by atoms with Crippen molar-refractivity contribution >= 4 is 11.6 Å². The first-order valence-corrected chi connectivity index (χ1v) is 7.08. The first-order valence-electron chi connectivity index (χ1n) is 7.08. The van der Waals surface area contributed by atoms with Crippen molar-refractivity contribution in [2.45, 2.75) is 6.92 Å². The van der Waals surface area contributed by atoms with E-state index >= 15 is 0 Å². The molecule has 0 unspecified atom stereocenters. The predicted octanol–water partition coefficient (Wildman–Crippen LogP) is 4.98. The van der Waals surface area contributed by atoms with Crippen molar-refractivity contribution in [2.75, 3.05) is 0 Å². The molecule has 102 valence electrons. The first kappa shape index (κ1) is 13.3. The number of rotatable bonds is 3. The van der Waals surface area contributed by atoms with E-state index in [2.05, 4.69) is 78.6 Å². The van der Waals surface area contributed by atoms with Gasteiger partial charge in [-0.25, -0.2) is 0 Å². The van der Waals surface area contributed by atoms with Crippen LogP contribution in [0.15, 0.2) is 79.0 Å². The minimum Gasteiger partial charge on any atom is -0.256 e. The lowest BCUT2D eigenvalue weighted by Gasteiger charge is -2.08. The molecule has 3 rings (SSSR count). The molecule has 1 heterocycles. The van der Waals surface area contributed by atoms with E-state index in [9.17, 15) is 0 Å². The number of benzene rings is 2. The number of hydrogen-bond donors (Lipinski definition) is 0. The quantitative estimate of drug-likeness (QED) is 0.612. The summed E-state index contributed by atoms with van der Waals surface area (Å²) in [6.07, 6.45) is 4.10. The molecule has 3 aromatic rings. The van der Waals surface area contributed by atoms with Crippen molar-refractivity contribution in [3.05, 3.63) is 101 Å². The standard InChI is InChI=1S/C20H17N/c1-16-12-13-20(21-15-16)19(18-10-6-3-7-11-18)14-17-8-4-2-5-9-17/h2-15H,1H3/b19-14+. The highest BCUT2D eigenvalue weighted by atomic mass is 14.7. The van der Waals surface area contributed by atoms with Gasteiger partial charge in [-0.3, -0.25) is 4.98 Å². The van der Waals surface area contributed by atoms with Crippen molar-refractivity contribution in [3.63, 3.8) is 0 Å². The molecule has 0 N–H and O–H groups in total. The Hall–Kier alpha value is -2.67. The Morgan fingerprint density at radius 1 is 0.810 bits per heavy atom. The molecule has 21 heavy (non-hydrogen) atoms. The molecule has 0 radical (unpaired) electrons. The van der Waals surface area contributed by atoms with Gasteiger partial charge in [-0.1, -0.05) is 66.7 Å². The fourth-order valence-corrected chi connectivity index (χ4v) is 2.27. The molecule has 0 aliphatic carbocycles. The summed E-state index contributed by atoms with van der Waals surface area (Å²) in [5.74, 6) is 0. The Morgan fingerprint density at radius 2 is 1.48 bits per heavy atom. The van der Waals surface area contributed by atoms with Gasteiger partial charge in [-0.2, -0.15) is 0 Å². The van der Waals surface area contributed by atoms with E-state index in [1.165, 1.54) is 16.7 Å². The molecule has 0 saturated heterocycles. The maximum atomic E-state index is 4.58. The second-order valence-electron chi connectivity index (χ2n) is 5.06. The molecule has 0 aliphatic rings. The van der Waals surface area contributed by atoms with Crippen LogP contribution in [-0.2, 0) is 0 Å². The van der Waals surface area contributed by atoms with Gasteiger partial charge in [0, 0.05) is 11.8 Å². The number of aromatic nitrogens is 1. The average molecular weight is 271 g/mol. The number of pyridine rings is 1. The van der Waals surface area contributed by atoms with Gasteiger partial charge in [0.15, 0.2) is 0 Å². The van der Waals surface area contributed by atoms with Crippen molar-refractivity contribution in [1.29, 1.82) is 0 Å². The SMILES string of the molecule is Cc1ccc(/C(=C/c2ccccc2)c2ccccc2)nc1. The first-order chi connectivity index (χ1) is 10.3. The van der Waals surface area contributed by atoms with Gasteiger partial charge in [0.25, 0.3) is 0 Å². The topological polar surface area (TPSA) is 12.9 Å². The Balaban J connectivity index is 2.12. The number of aryl methyl sites for hydroxylation is 1. The van der Waals surface area contributed by atoms with E-state index in [0.717, 1.165) is 11.3 Å². The fourth-order valence-electron chi connectivity index (χ4n) is 2.27. The van der Waals surface area contributed by atoms with Gasteiger partial charge in [-0.05, 0) is 35.8 Å². The second kappa shape index (κ2) is 6.19. The summed E-state index contributed by atoms with van der Waals surface area (Å²) in [7, 11) is 0. The van der Waals surface area contributed by atoms with Gasteiger partial charge in [0.1, 0.15) is 0 Å². The molecule has 0 saturated carbocycles. The minimum absolute atomic E-state index is 0.996. The Morgan fingerprint density at radius 3 is 2.10 bits per heavy atom. The molecule has 0 amide bonds. The van der Waals surface area contributed by atoms with Crippen LogP contribution < -0.4 is 0 Å². The van der Waals surface area contributed by atoms with E-state index in [-0.39, 0.29) is 0 Å². The largest absolute Gasteiger partial charge is 0.256 e. The van der Waals surface area contributed by atoms with Crippen LogP contribution in [0.1, 0.15) is 22.4 Å². The molecule has 0 aliphatic heterocycles. The third-order valence-corrected chi connectivity index (χ3v) is 3.38. The zero-order valence-corrected chi connectivity index (χ0v) is 12.0. The van der Waals surface area contributed by atoms with Crippen LogP contribution in [0.4, 0.5) is 0 Å². The zero-order valence-electron chi connectivity index (χ0n) is 12.0. The Bertz CT molecular complexity index is 726. The van der Waals surface area contributed by atoms with Crippen molar-refractivity contribution < 1.29 is 0 Å². The molecule has 0 bridgehead atoms. The van der Waals surface area contributed by atoms with Crippen molar-refractivity contribution in [3.8, 4) is 0 Å². The van der Waals surface area contributed by atoms with Crippen LogP contribution in [0.25, 0.3) is 11.6 Å². The minimum atomic E-state index is 0.996.